The van der Waals surface area contributed by atoms with Gasteiger partial charge in [-0.05, 0) is 48.1 Å². The SMILES string of the molecule is Cn1c(CCNC(=O)C2CCCC2)nc2cc(NC(=O)COc3ccccc3C(C)(C)C)ccc21. The maximum Gasteiger partial charge on any atom is 0.262 e. The number of carbonyl (C=O) groups excluding carboxylic acids is 2. The highest BCUT2D eigenvalue weighted by molar-refractivity contribution is 5.94. The summed E-state index contributed by atoms with van der Waals surface area (Å²) in [5.74, 6) is 1.74. The maximum atomic E-state index is 12.6. The summed E-state index contributed by atoms with van der Waals surface area (Å²) < 4.78 is 7.88. The molecule has 1 aliphatic carbocycles. The monoisotopic (exact) mass is 476 g/mol. The summed E-state index contributed by atoms with van der Waals surface area (Å²) in [5.41, 5.74) is 3.45. The van der Waals surface area contributed by atoms with Crippen molar-refractivity contribution in [3.63, 3.8) is 0 Å². The van der Waals surface area contributed by atoms with Gasteiger partial charge in [-0.25, -0.2) is 4.98 Å². The van der Waals surface area contributed by atoms with Gasteiger partial charge in [-0.15, -0.1) is 0 Å². The highest BCUT2D eigenvalue weighted by Crippen LogP contribution is 2.31. The second-order valence-corrected chi connectivity index (χ2v) is 10.4. The van der Waals surface area contributed by atoms with Crippen LogP contribution in [0.15, 0.2) is 42.5 Å². The molecule has 3 aromatic rings. The van der Waals surface area contributed by atoms with Crippen molar-refractivity contribution in [1.29, 1.82) is 0 Å². The predicted octanol–water partition coefficient (Wildman–Crippen LogP) is 4.74. The lowest BCUT2D eigenvalue weighted by Crippen LogP contribution is -2.31. The third-order valence-electron chi connectivity index (χ3n) is 6.68. The van der Waals surface area contributed by atoms with Gasteiger partial charge >= 0.3 is 0 Å². The number of hydrogen-bond acceptors (Lipinski definition) is 4. The van der Waals surface area contributed by atoms with Crippen LogP contribution in [0.4, 0.5) is 5.69 Å². The van der Waals surface area contributed by atoms with Crippen LogP contribution in [0.2, 0.25) is 0 Å². The summed E-state index contributed by atoms with van der Waals surface area (Å²) in [4.78, 5) is 29.6. The Morgan fingerprint density at radius 2 is 1.86 bits per heavy atom. The second kappa shape index (κ2) is 10.5. The minimum Gasteiger partial charge on any atom is -0.483 e. The molecule has 35 heavy (non-hydrogen) atoms. The molecule has 4 rings (SSSR count). The molecule has 1 aliphatic rings. The summed E-state index contributed by atoms with van der Waals surface area (Å²) in [7, 11) is 1.97. The Balaban J connectivity index is 1.34. The van der Waals surface area contributed by atoms with Crippen LogP contribution in [0.1, 0.15) is 57.8 Å². The van der Waals surface area contributed by atoms with E-state index in [1.807, 2.05) is 54.1 Å². The fraction of sp³-hybridized carbons (Fsp3) is 0.464. The Kier molecular flexibility index (Phi) is 7.43. The summed E-state index contributed by atoms with van der Waals surface area (Å²) in [6.45, 7) is 6.86. The highest BCUT2D eigenvalue weighted by atomic mass is 16.5. The van der Waals surface area contributed by atoms with Crippen molar-refractivity contribution < 1.29 is 14.3 Å². The van der Waals surface area contributed by atoms with Gasteiger partial charge in [0.25, 0.3) is 5.91 Å². The van der Waals surface area contributed by atoms with Crippen molar-refractivity contribution in [1.82, 2.24) is 14.9 Å². The van der Waals surface area contributed by atoms with Gasteiger partial charge in [0.2, 0.25) is 5.91 Å². The molecule has 0 radical (unpaired) electrons. The molecule has 0 atom stereocenters. The molecule has 7 heteroatoms. The van der Waals surface area contributed by atoms with Gasteiger partial charge in [0, 0.05) is 31.6 Å². The zero-order valence-electron chi connectivity index (χ0n) is 21.2. The lowest BCUT2D eigenvalue weighted by atomic mass is 9.86. The third kappa shape index (κ3) is 6.02. The van der Waals surface area contributed by atoms with Crippen LogP contribution in [0, 0.1) is 5.92 Å². The number of amides is 2. The van der Waals surface area contributed by atoms with Crippen LogP contribution in [0.5, 0.6) is 5.75 Å². The van der Waals surface area contributed by atoms with Gasteiger partial charge in [-0.1, -0.05) is 51.8 Å². The van der Waals surface area contributed by atoms with Crippen LogP contribution in [0.25, 0.3) is 11.0 Å². The van der Waals surface area contributed by atoms with E-state index >= 15 is 0 Å². The number of fused-ring (bicyclic) bond motifs is 1. The van der Waals surface area contributed by atoms with Crippen molar-refractivity contribution in [2.24, 2.45) is 13.0 Å². The van der Waals surface area contributed by atoms with Crippen LogP contribution in [-0.2, 0) is 28.5 Å². The number of aryl methyl sites for hydroxylation is 1. The van der Waals surface area contributed by atoms with Crippen LogP contribution in [-0.4, -0.2) is 34.5 Å². The molecule has 1 heterocycles. The average molecular weight is 477 g/mol. The first-order valence-electron chi connectivity index (χ1n) is 12.5. The molecule has 0 aliphatic heterocycles. The number of aromatic nitrogens is 2. The van der Waals surface area contributed by atoms with E-state index in [2.05, 4.69) is 31.4 Å². The number of nitrogens with one attached hydrogen (secondary N) is 2. The zero-order chi connectivity index (χ0) is 25.0. The molecule has 2 amide bonds. The second-order valence-electron chi connectivity index (χ2n) is 10.4. The fourth-order valence-corrected chi connectivity index (χ4v) is 4.73. The Morgan fingerprint density at radius 1 is 1.11 bits per heavy atom. The Morgan fingerprint density at radius 3 is 2.60 bits per heavy atom. The molecule has 2 aromatic carbocycles. The molecule has 1 saturated carbocycles. The first kappa shape index (κ1) is 24.8. The number of benzene rings is 2. The molecule has 0 spiro atoms. The number of carbonyl (C=O) groups is 2. The van der Waals surface area contributed by atoms with Crippen molar-refractivity contribution in [3.05, 3.63) is 53.9 Å². The molecule has 0 unspecified atom stereocenters. The van der Waals surface area contributed by atoms with E-state index in [4.69, 9.17) is 9.72 Å². The molecule has 0 bridgehead atoms. The van der Waals surface area contributed by atoms with Crippen LogP contribution >= 0.6 is 0 Å². The Labute approximate surface area is 207 Å². The number of imidazole rings is 1. The topological polar surface area (TPSA) is 85.3 Å². The maximum absolute atomic E-state index is 12.6. The molecule has 7 nitrogen and oxygen atoms in total. The summed E-state index contributed by atoms with van der Waals surface area (Å²) >= 11 is 0. The predicted molar refractivity (Wildman–Crippen MR) is 139 cm³/mol. The number of nitrogens with zero attached hydrogens (tertiary/aromatic N) is 2. The Bertz CT molecular complexity index is 1200. The molecule has 1 fully saturated rings. The van der Waals surface area contributed by atoms with Crippen molar-refractivity contribution in [3.8, 4) is 5.75 Å². The van der Waals surface area contributed by atoms with Gasteiger partial charge in [-0.3, -0.25) is 9.59 Å². The van der Waals surface area contributed by atoms with Gasteiger partial charge < -0.3 is 19.9 Å². The molecular formula is C28H36N4O3. The minimum atomic E-state index is -0.223. The Hall–Kier alpha value is -3.35. The first-order valence-corrected chi connectivity index (χ1v) is 12.5. The van der Waals surface area contributed by atoms with Gasteiger partial charge in [0.1, 0.15) is 11.6 Å². The third-order valence-corrected chi connectivity index (χ3v) is 6.68. The normalized spacial score (nSPS) is 14.3. The van der Waals surface area contributed by atoms with E-state index in [1.165, 1.54) is 0 Å². The highest BCUT2D eigenvalue weighted by Gasteiger charge is 2.22. The number of ether oxygens (including phenoxy) is 1. The van der Waals surface area contributed by atoms with Crippen LogP contribution in [0.3, 0.4) is 0 Å². The minimum absolute atomic E-state index is 0.0701. The first-order chi connectivity index (χ1) is 16.7. The summed E-state index contributed by atoms with van der Waals surface area (Å²) in [6.07, 6.45) is 4.96. The van der Waals surface area contributed by atoms with Crippen molar-refractivity contribution in [2.45, 2.75) is 58.3 Å². The smallest absolute Gasteiger partial charge is 0.262 e. The lowest BCUT2D eigenvalue weighted by Gasteiger charge is -2.22. The molecule has 0 saturated heterocycles. The standard InChI is InChI=1S/C28H36N4O3/c1-28(2,3)21-11-7-8-12-24(21)35-18-26(33)30-20-13-14-23-22(17-20)31-25(32(23)4)15-16-29-27(34)19-9-5-6-10-19/h7-8,11-14,17,19H,5-6,9-10,15-16,18H2,1-4H3,(H,29,34)(H,30,33). The van der Waals surface area contributed by atoms with E-state index in [0.29, 0.717) is 18.7 Å². The van der Waals surface area contributed by atoms with Crippen LogP contribution < -0.4 is 15.4 Å². The van der Waals surface area contributed by atoms with E-state index < -0.39 is 0 Å². The van der Waals surface area contributed by atoms with E-state index in [1.54, 1.807) is 0 Å². The van der Waals surface area contributed by atoms with Crippen molar-refractivity contribution >= 4 is 28.5 Å². The fourth-order valence-electron chi connectivity index (χ4n) is 4.73. The van der Waals surface area contributed by atoms with E-state index in [0.717, 1.165) is 53.9 Å². The quantitative estimate of drug-likeness (QED) is 0.492. The number of anilines is 1. The lowest BCUT2D eigenvalue weighted by molar-refractivity contribution is -0.124. The largest absolute Gasteiger partial charge is 0.483 e. The van der Waals surface area contributed by atoms with Gasteiger partial charge in [0.05, 0.1) is 11.0 Å². The van der Waals surface area contributed by atoms with Gasteiger partial charge in [-0.2, -0.15) is 0 Å². The molecule has 186 valence electrons. The molecular weight excluding hydrogens is 440 g/mol. The van der Waals surface area contributed by atoms with Gasteiger partial charge in [0.15, 0.2) is 6.61 Å². The van der Waals surface area contributed by atoms with E-state index in [9.17, 15) is 9.59 Å². The summed E-state index contributed by atoms with van der Waals surface area (Å²) in [6, 6.07) is 13.5. The number of rotatable bonds is 8. The van der Waals surface area contributed by atoms with E-state index in [-0.39, 0.29) is 29.8 Å². The zero-order valence-corrected chi connectivity index (χ0v) is 21.2. The molecule has 1 aromatic heterocycles. The summed E-state index contributed by atoms with van der Waals surface area (Å²) in [5, 5.41) is 5.97. The van der Waals surface area contributed by atoms with Crippen molar-refractivity contribution in [2.75, 3.05) is 18.5 Å². The number of para-hydroxylation sites is 1. The average Bonchev–Trinajstić information content (AvgIpc) is 3.46. The number of hydrogen-bond donors (Lipinski definition) is 2. The molecule has 2 N–H and O–H groups in total.